The van der Waals surface area contributed by atoms with E-state index < -0.39 is 0 Å². The van der Waals surface area contributed by atoms with Crippen LogP contribution < -0.4 is 0 Å². The Balaban J connectivity index is 2.22. The molecule has 0 aliphatic heterocycles. The lowest BCUT2D eigenvalue weighted by molar-refractivity contribution is 0.783. The summed E-state index contributed by atoms with van der Waals surface area (Å²) in [7, 11) is 2.02. The quantitative estimate of drug-likeness (QED) is 0.587. The molecule has 0 bridgehead atoms. The maximum Gasteiger partial charge on any atom is 0.0688 e. The Hall–Kier alpha value is -2.09. The fourth-order valence-corrected chi connectivity index (χ4v) is 3.49. The first-order valence-corrected chi connectivity index (χ1v) is 6.74. The van der Waals surface area contributed by atoms with Gasteiger partial charge in [0.15, 0.2) is 0 Å². The van der Waals surface area contributed by atoms with Crippen LogP contribution in [0.2, 0.25) is 0 Å². The number of nitrogens with zero attached hydrogens (tertiary/aromatic N) is 2. The van der Waals surface area contributed by atoms with Crippen molar-refractivity contribution in [2.45, 2.75) is 19.8 Å². The van der Waals surface area contributed by atoms with Crippen molar-refractivity contribution in [3.05, 3.63) is 53.2 Å². The smallest absolute Gasteiger partial charge is 0.0688 e. The molecule has 2 nitrogen and oxygen atoms in total. The molecule has 0 saturated heterocycles. The van der Waals surface area contributed by atoms with Gasteiger partial charge in [-0.05, 0) is 35.2 Å². The second kappa shape index (κ2) is 3.47. The van der Waals surface area contributed by atoms with E-state index in [2.05, 4.69) is 55.3 Å². The minimum absolute atomic E-state index is 0.482. The molecule has 0 N–H and O–H groups in total. The molecule has 1 aromatic heterocycles. The molecule has 1 heterocycles. The number of rotatable bonds is 0. The largest absolute Gasteiger partial charge is 0.268 e. The van der Waals surface area contributed by atoms with Gasteiger partial charge in [0.1, 0.15) is 0 Å². The second-order valence-corrected chi connectivity index (χ2v) is 5.44. The van der Waals surface area contributed by atoms with Gasteiger partial charge in [-0.3, -0.25) is 4.68 Å². The Morgan fingerprint density at radius 3 is 2.68 bits per heavy atom. The average Bonchev–Trinajstić information content (AvgIpc) is 2.87. The van der Waals surface area contributed by atoms with E-state index in [1.165, 1.54) is 33.2 Å². The molecule has 4 rings (SSSR count). The van der Waals surface area contributed by atoms with E-state index >= 15 is 0 Å². The van der Waals surface area contributed by atoms with Crippen LogP contribution in [0.1, 0.15) is 29.7 Å². The molecule has 1 aliphatic rings. The van der Waals surface area contributed by atoms with Gasteiger partial charge >= 0.3 is 0 Å². The number of hydrogen-bond donors (Lipinski definition) is 0. The summed E-state index contributed by atoms with van der Waals surface area (Å²) in [5.41, 5.74) is 7.99. The van der Waals surface area contributed by atoms with Crippen LogP contribution in [0.4, 0.5) is 0 Å². The third-order valence-corrected chi connectivity index (χ3v) is 4.39. The van der Waals surface area contributed by atoms with E-state index in [0.717, 1.165) is 5.69 Å². The number of aryl methyl sites for hydroxylation is 2. The van der Waals surface area contributed by atoms with Gasteiger partial charge < -0.3 is 0 Å². The summed E-state index contributed by atoms with van der Waals surface area (Å²) in [6, 6.07) is 13.2. The Morgan fingerprint density at radius 1 is 1.05 bits per heavy atom. The highest BCUT2D eigenvalue weighted by Gasteiger charge is 2.28. The molecule has 19 heavy (non-hydrogen) atoms. The van der Waals surface area contributed by atoms with Gasteiger partial charge in [-0.25, -0.2) is 0 Å². The van der Waals surface area contributed by atoms with Crippen LogP contribution in [-0.2, 0) is 7.05 Å². The molecule has 1 aliphatic carbocycles. The summed E-state index contributed by atoms with van der Waals surface area (Å²) in [5, 5.41) is 5.90. The summed E-state index contributed by atoms with van der Waals surface area (Å²) in [5.74, 6) is 0.482. The van der Waals surface area contributed by atoms with Crippen molar-refractivity contribution in [1.82, 2.24) is 9.78 Å². The zero-order chi connectivity index (χ0) is 13.1. The topological polar surface area (TPSA) is 17.8 Å². The molecule has 2 heteroatoms. The summed E-state index contributed by atoms with van der Waals surface area (Å²) >= 11 is 0. The van der Waals surface area contributed by atoms with Crippen LogP contribution in [0.25, 0.3) is 22.0 Å². The molecule has 0 radical (unpaired) electrons. The number of aromatic nitrogens is 2. The Kier molecular flexibility index (Phi) is 1.97. The summed E-state index contributed by atoms with van der Waals surface area (Å²) in [6.07, 6.45) is 0. The molecule has 0 saturated carbocycles. The van der Waals surface area contributed by atoms with Crippen LogP contribution in [0.5, 0.6) is 0 Å². The molecule has 0 spiro atoms. The first-order valence-electron chi connectivity index (χ1n) is 6.74. The Bertz CT molecular complexity index is 811. The maximum absolute atomic E-state index is 4.58. The number of fused-ring (bicyclic) bond motifs is 5. The van der Waals surface area contributed by atoms with Crippen molar-refractivity contribution in [2.75, 3.05) is 0 Å². The molecule has 1 unspecified atom stereocenters. The third-order valence-electron chi connectivity index (χ3n) is 4.39. The molecule has 0 fully saturated rings. The van der Waals surface area contributed by atoms with Crippen molar-refractivity contribution < 1.29 is 0 Å². The number of hydrogen-bond acceptors (Lipinski definition) is 1. The van der Waals surface area contributed by atoms with Gasteiger partial charge in [-0.1, -0.05) is 37.3 Å². The van der Waals surface area contributed by atoms with E-state index in [1.807, 2.05) is 11.7 Å². The van der Waals surface area contributed by atoms with E-state index in [1.54, 1.807) is 0 Å². The monoisotopic (exact) mass is 248 g/mol. The van der Waals surface area contributed by atoms with Gasteiger partial charge in [-0.2, -0.15) is 5.10 Å². The molecular formula is C17H16N2. The zero-order valence-electron chi connectivity index (χ0n) is 11.4. The van der Waals surface area contributed by atoms with Crippen molar-refractivity contribution in [2.24, 2.45) is 7.05 Å². The molecule has 94 valence electrons. The van der Waals surface area contributed by atoms with Crippen LogP contribution in [0.15, 0.2) is 36.4 Å². The highest BCUT2D eigenvalue weighted by atomic mass is 15.3. The SMILES string of the molecule is Cc1nn(C)c2ccc3c(c12)-c1ccccc1C3C. The molecule has 2 aromatic carbocycles. The van der Waals surface area contributed by atoms with E-state index in [4.69, 9.17) is 0 Å². The summed E-state index contributed by atoms with van der Waals surface area (Å²) in [6.45, 7) is 4.40. The van der Waals surface area contributed by atoms with Crippen LogP contribution in [0, 0.1) is 6.92 Å². The van der Waals surface area contributed by atoms with Crippen molar-refractivity contribution in [3.8, 4) is 11.1 Å². The fraction of sp³-hybridized carbons (Fsp3) is 0.235. The summed E-state index contributed by atoms with van der Waals surface area (Å²) < 4.78 is 1.98. The van der Waals surface area contributed by atoms with Crippen LogP contribution in [0.3, 0.4) is 0 Å². The highest BCUT2D eigenvalue weighted by molar-refractivity contribution is 6.01. The summed E-state index contributed by atoms with van der Waals surface area (Å²) in [4.78, 5) is 0. The first kappa shape index (κ1) is 10.8. The van der Waals surface area contributed by atoms with Gasteiger partial charge in [0.25, 0.3) is 0 Å². The molecule has 0 amide bonds. The lowest BCUT2D eigenvalue weighted by atomic mass is 9.98. The Labute approximate surface area is 112 Å². The maximum atomic E-state index is 4.58. The van der Waals surface area contributed by atoms with Gasteiger partial charge in [0.05, 0.1) is 11.2 Å². The number of benzene rings is 2. The van der Waals surface area contributed by atoms with Gasteiger partial charge in [0.2, 0.25) is 0 Å². The minimum atomic E-state index is 0.482. The van der Waals surface area contributed by atoms with Crippen LogP contribution in [-0.4, -0.2) is 9.78 Å². The third kappa shape index (κ3) is 1.24. The molecular weight excluding hydrogens is 232 g/mol. The normalized spacial score (nSPS) is 16.7. The van der Waals surface area contributed by atoms with Crippen LogP contribution >= 0.6 is 0 Å². The van der Waals surface area contributed by atoms with E-state index in [9.17, 15) is 0 Å². The lowest BCUT2D eigenvalue weighted by Gasteiger charge is -2.06. The highest BCUT2D eigenvalue weighted by Crippen LogP contribution is 2.48. The fourth-order valence-electron chi connectivity index (χ4n) is 3.49. The Morgan fingerprint density at radius 2 is 1.84 bits per heavy atom. The van der Waals surface area contributed by atoms with Crippen molar-refractivity contribution in [3.63, 3.8) is 0 Å². The average molecular weight is 248 g/mol. The molecule has 1 atom stereocenters. The van der Waals surface area contributed by atoms with Crippen molar-refractivity contribution >= 4 is 10.9 Å². The van der Waals surface area contributed by atoms with E-state index in [0.29, 0.717) is 5.92 Å². The predicted molar refractivity (Wildman–Crippen MR) is 78.4 cm³/mol. The zero-order valence-corrected chi connectivity index (χ0v) is 11.4. The lowest BCUT2D eigenvalue weighted by Crippen LogP contribution is -1.91. The van der Waals surface area contributed by atoms with Crippen molar-refractivity contribution in [1.29, 1.82) is 0 Å². The second-order valence-electron chi connectivity index (χ2n) is 5.44. The standard InChI is InChI=1S/C17H16N2/c1-10-12-6-4-5-7-14(12)17-13(10)8-9-15-16(17)11(2)18-19(15)3/h4-10H,1-3H3. The van der Waals surface area contributed by atoms with Gasteiger partial charge in [-0.15, -0.1) is 0 Å². The minimum Gasteiger partial charge on any atom is -0.268 e. The molecule has 3 aromatic rings. The predicted octanol–water partition coefficient (Wildman–Crippen LogP) is 4.01. The first-order chi connectivity index (χ1) is 9.18. The van der Waals surface area contributed by atoms with E-state index in [-0.39, 0.29) is 0 Å². The van der Waals surface area contributed by atoms with Gasteiger partial charge in [0, 0.05) is 18.4 Å².